The van der Waals surface area contributed by atoms with Gasteiger partial charge >= 0.3 is 0 Å². The van der Waals surface area contributed by atoms with Crippen molar-refractivity contribution in [3.05, 3.63) is 29.8 Å². The first-order valence-electron chi connectivity index (χ1n) is 5.33. The number of anilines is 2. The van der Waals surface area contributed by atoms with Crippen LogP contribution in [0.2, 0.25) is 0 Å². The van der Waals surface area contributed by atoms with Crippen LogP contribution in [0, 0.1) is 6.92 Å². The van der Waals surface area contributed by atoms with Crippen molar-refractivity contribution in [3.8, 4) is 0 Å². The number of hydrogen-bond donors (Lipinski definition) is 1. The van der Waals surface area contributed by atoms with E-state index in [1.165, 1.54) is 6.33 Å². The fourth-order valence-corrected chi connectivity index (χ4v) is 1.74. The van der Waals surface area contributed by atoms with E-state index in [9.17, 15) is 0 Å². The van der Waals surface area contributed by atoms with Crippen LogP contribution < -0.4 is 10.6 Å². The number of hydrogen-bond acceptors (Lipinski definition) is 5. The van der Waals surface area contributed by atoms with Crippen molar-refractivity contribution in [1.82, 2.24) is 19.7 Å². The van der Waals surface area contributed by atoms with E-state index in [1.807, 2.05) is 38.3 Å². The Kier molecular flexibility index (Phi) is 2.95. The van der Waals surface area contributed by atoms with Crippen LogP contribution in [0.15, 0.2) is 18.7 Å². The summed E-state index contributed by atoms with van der Waals surface area (Å²) in [4.78, 5) is 10.2. The lowest BCUT2D eigenvalue weighted by Crippen LogP contribution is -2.19. The van der Waals surface area contributed by atoms with Crippen LogP contribution in [0.3, 0.4) is 0 Å². The highest BCUT2D eigenvalue weighted by Gasteiger charge is 2.10. The minimum absolute atomic E-state index is 0.521. The number of aromatic nitrogens is 4. The molecule has 2 aromatic rings. The average Bonchev–Trinajstić information content (AvgIpc) is 2.68. The van der Waals surface area contributed by atoms with E-state index in [0.29, 0.717) is 5.82 Å². The van der Waals surface area contributed by atoms with Crippen LogP contribution in [0.4, 0.5) is 11.6 Å². The fraction of sp³-hybridized carbons (Fsp3) is 0.364. The molecule has 0 spiro atoms. The van der Waals surface area contributed by atoms with E-state index in [4.69, 9.17) is 5.73 Å². The fourth-order valence-electron chi connectivity index (χ4n) is 1.74. The standard InChI is InChI=1S/C11H16N6/c1-8-10(12)13-7-14-11(8)16(2)5-9-4-15-17(3)6-9/h4,6-7H,5H2,1-3H3,(H2,12,13,14). The average molecular weight is 232 g/mol. The molecule has 0 fully saturated rings. The second-order valence-corrected chi connectivity index (χ2v) is 4.09. The molecular formula is C11H16N6. The third-order valence-electron chi connectivity index (χ3n) is 2.64. The predicted molar refractivity (Wildman–Crippen MR) is 66.5 cm³/mol. The topological polar surface area (TPSA) is 72.9 Å². The molecule has 2 N–H and O–H groups in total. The third kappa shape index (κ3) is 2.35. The quantitative estimate of drug-likeness (QED) is 0.844. The van der Waals surface area contributed by atoms with Crippen molar-refractivity contribution in [2.24, 2.45) is 7.05 Å². The van der Waals surface area contributed by atoms with Crippen LogP contribution >= 0.6 is 0 Å². The molecule has 17 heavy (non-hydrogen) atoms. The summed E-state index contributed by atoms with van der Waals surface area (Å²) in [5, 5.41) is 4.14. The molecule has 0 amide bonds. The van der Waals surface area contributed by atoms with Gasteiger partial charge in [-0.3, -0.25) is 4.68 Å². The largest absolute Gasteiger partial charge is 0.383 e. The minimum Gasteiger partial charge on any atom is -0.383 e. The van der Waals surface area contributed by atoms with E-state index in [2.05, 4.69) is 15.1 Å². The van der Waals surface area contributed by atoms with E-state index in [0.717, 1.165) is 23.5 Å². The number of aryl methyl sites for hydroxylation is 1. The summed E-state index contributed by atoms with van der Waals surface area (Å²) in [5.74, 6) is 1.37. The Morgan fingerprint density at radius 2 is 2.18 bits per heavy atom. The first-order chi connectivity index (χ1) is 8.08. The number of rotatable bonds is 3. The lowest BCUT2D eigenvalue weighted by Gasteiger charge is -2.19. The number of nitrogens with zero attached hydrogens (tertiary/aromatic N) is 5. The maximum absolute atomic E-state index is 5.76. The van der Waals surface area contributed by atoms with Crippen LogP contribution in [-0.2, 0) is 13.6 Å². The van der Waals surface area contributed by atoms with E-state index < -0.39 is 0 Å². The maximum Gasteiger partial charge on any atom is 0.137 e. The van der Waals surface area contributed by atoms with Crippen LogP contribution in [0.1, 0.15) is 11.1 Å². The molecule has 2 rings (SSSR count). The Hall–Kier alpha value is -2.11. The molecule has 6 nitrogen and oxygen atoms in total. The van der Waals surface area contributed by atoms with Gasteiger partial charge in [0.2, 0.25) is 0 Å². The monoisotopic (exact) mass is 232 g/mol. The summed E-state index contributed by atoms with van der Waals surface area (Å²) < 4.78 is 1.78. The highest BCUT2D eigenvalue weighted by Crippen LogP contribution is 2.20. The normalized spacial score (nSPS) is 10.5. The SMILES string of the molecule is Cc1c(N)ncnc1N(C)Cc1cnn(C)c1. The smallest absolute Gasteiger partial charge is 0.137 e. The van der Waals surface area contributed by atoms with Crippen molar-refractivity contribution in [3.63, 3.8) is 0 Å². The van der Waals surface area contributed by atoms with Crippen molar-refractivity contribution >= 4 is 11.6 Å². The summed E-state index contributed by atoms with van der Waals surface area (Å²) in [6, 6.07) is 0. The molecule has 90 valence electrons. The summed E-state index contributed by atoms with van der Waals surface area (Å²) >= 11 is 0. The van der Waals surface area contributed by atoms with Crippen LogP contribution in [0.25, 0.3) is 0 Å². The van der Waals surface area contributed by atoms with Gasteiger partial charge in [0, 0.05) is 38.0 Å². The Bertz CT molecular complexity index is 518. The van der Waals surface area contributed by atoms with Crippen LogP contribution in [0.5, 0.6) is 0 Å². The summed E-state index contributed by atoms with van der Waals surface area (Å²) in [5.41, 5.74) is 7.79. The molecule has 0 radical (unpaired) electrons. The van der Waals surface area contributed by atoms with Gasteiger partial charge in [-0.25, -0.2) is 9.97 Å². The molecule has 0 saturated carbocycles. The summed E-state index contributed by atoms with van der Waals surface area (Å²) in [6.07, 6.45) is 5.31. The van der Waals surface area contributed by atoms with Gasteiger partial charge in [0.1, 0.15) is 18.0 Å². The van der Waals surface area contributed by atoms with Gasteiger partial charge in [-0.15, -0.1) is 0 Å². The highest BCUT2D eigenvalue weighted by atomic mass is 15.2. The summed E-state index contributed by atoms with van der Waals surface area (Å²) in [7, 11) is 3.87. The highest BCUT2D eigenvalue weighted by molar-refractivity contribution is 5.55. The van der Waals surface area contributed by atoms with Gasteiger partial charge in [-0.05, 0) is 6.92 Å². The molecule has 2 heterocycles. The maximum atomic E-state index is 5.76. The van der Waals surface area contributed by atoms with Crippen molar-refractivity contribution in [1.29, 1.82) is 0 Å². The molecule has 0 aliphatic carbocycles. The Labute approximate surface area is 100 Å². The van der Waals surface area contributed by atoms with Gasteiger partial charge in [0.15, 0.2) is 0 Å². The Morgan fingerprint density at radius 3 is 2.82 bits per heavy atom. The third-order valence-corrected chi connectivity index (χ3v) is 2.64. The molecular weight excluding hydrogens is 216 g/mol. The molecule has 0 bridgehead atoms. The molecule has 2 aromatic heterocycles. The Balaban J connectivity index is 2.20. The minimum atomic E-state index is 0.521. The van der Waals surface area contributed by atoms with Gasteiger partial charge in [0.05, 0.1) is 6.20 Å². The lowest BCUT2D eigenvalue weighted by atomic mass is 10.2. The van der Waals surface area contributed by atoms with Gasteiger partial charge < -0.3 is 10.6 Å². The van der Waals surface area contributed by atoms with E-state index >= 15 is 0 Å². The van der Waals surface area contributed by atoms with E-state index in [-0.39, 0.29) is 0 Å². The van der Waals surface area contributed by atoms with Gasteiger partial charge in [0.25, 0.3) is 0 Å². The van der Waals surface area contributed by atoms with Crippen molar-refractivity contribution in [2.75, 3.05) is 17.7 Å². The second kappa shape index (κ2) is 4.40. The zero-order valence-corrected chi connectivity index (χ0v) is 10.3. The van der Waals surface area contributed by atoms with Crippen LogP contribution in [-0.4, -0.2) is 26.8 Å². The van der Waals surface area contributed by atoms with Gasteiger partial charge in [-0.1, -0.05) is 0 Å². The first-order valence-corrected chi connectivity index (χ1v) is 5.33. The van der Waals surface area contributed by atoms with Crippen molar-refractivity contribution in [2.45, 2.75) is 13.5 Å². The molecule has 0 unspecified atom stereocenters. The molecule has 0 atom stereocenters. The number of nitrogen functional groups attached to an aromatic ring is 1. The summed E-state index contributed by atoms with van der Waals surface area (Å²) in [6.45, 7) is 2.66. The van der Waals surface area contributed by atoms with Crippen molar-refractivity contribution < 1.29 is 0 Å². The number of nitrogens with two attached hydrogens (primary N) is 1. The van der Waals surface area contributed by atoms with Gasteiger partial charge in [-0.2, -0.15) is 5.10 Å². The zero-order chi connectivity index (χ0) is 12.4. The molecule has 0 aliphatic rings. The molecule has 0 aromatic carbocycles. The zero-order valence-electron chi connectivity index (χ0n) is 10.3. The molecule has 0 aliphatic heterocycles. The van der Waals surface area contributed by atoms with E-state index in [1.54, 1.807) is 4.68 Å². The lowest BCUT2D eigenvalue weighted by molar-refractivity contribution is 0.766. The second-order valence-electron chi connectivity index (χ2n) is 4.09. The molecule has 6 heteroatoms. The molecule has 0 saturated heterocycles. The first kappa shape index (κ1) is 11.4. The predicted octanol–water partition coefficient (Wildman–Crippen LogP) is 0.737. The Morgan fingerprint density at radius 1 is 1.41 bits per heavy atom.